The molecule has 8 heteroatoms. The Kier molecular flexibility index (Phi) is 7.34. The molecule has 0 saturated heterocycles. The Bertz CT molecular complexity index is 796. The van der Waals surface area contributed by atoms with Gasteiger partial charge in [-0.05, 0) is 24.3 Å². The monoisotopic (exact) mass is 389 g/mol. The van der Waals surface area contributed by atoms with Gasteiger partial charge in [0, 0.05) is 23.3 Å². The first-order valence-corrected chi connectivity index (χ1v) is 8.73. The molecule has 0 spiro atoms. The van der Waals surface area contributed by atoms with Crippen LogP contribution in [0.1, 0.15) is 11.6 Å². The largest absolute Gasteiger partial charge is 0.341 e. The van der Waals surface area contributed by atoms with E-state index >= 15 is 0 Å². The standard InChI is InChI=1S/C19H21ClN4O3/c1-21-19(27)23-18(26)17(13-6-4-3-5-7-13)24(2)12-16(25)22-15-10-8-14(20)9-11-15/h3-11,17H,12H2,1-2H3,(H,22,25)(H2,21,23,26,27)/p+1/t17-/m1/s1. The van der Waals surface area contributed by atoms with Gasteiger partial charge < -0.3 is 15.5 Å². The predicted molar refractivity (Wildman–Crippen MR) is 104 cm³/mol. The number of carbonyl (C=O) groups is 3. The molecule has 0 radical (unpaired) electrons. The summed E-state index contributed by atoms with van der Waals surface area (Å²) in [6.45, 7) is 0.0311. The van der Waals surface area contributed by atoms with Crippen LogP contribution in [0.15, 0.2) is 54.6 Å². The SMILES string of the molecule is CNC(=O)NC(=O)[C@@H](c1ccccc1)[NH+](C)CC(=O)Nc1ccc(Cl)cc1. The van der Waals surface area contributed by atoms with Crippen molar-refractivity contribution in [3.05, 3.63) is 65.2 Å². The van der Waals surface area contributed by atoms with Crippen molar-refractivity contribution < 1.29 is 19.3 Å². The highest BCUT2D eigenvalue weighted by Gasteiger charge is 2.31. The molecule has 7 nitrogen and oxygen atoms in total. The molecule has 2 aromatic carbocycles. The number of halogens is 1. The van der Waals surface area contributed by atoms with Gasteiger partial charge in [-0.15, -0.1) is 0 Å². The lowest BCUT2D eigenvalue weighted by atomic mass is 10.0. The van der Waals surface area contributed by atoms with Gasteiger partial charge in [0.2, 0.25) is 0 Å². The number of hydrogen-bond donors (Lipinski definition) is 4. The second kappa shape index (κ2) is 9.70. The molecule has 0 bridgehead atoms. The number of anilines is 1. The Morgan fingerprint density at radius 1 is 1.04 bits per heavy atom. The van der Waals surface area contributed by atoms with Gasteiger partial charge in [-0.1, -0.05) is 41.9 Å². The lowest BCUT2D eigenvalue weighted by Gasteiger charge is -2.24. The lowest BCUT2D eigenvalue weighted by molar-refractivity contribution is -0.894. The van der Waals surface area contributed by atoms with Gasteiger partial charge in [0.1, 0.15) is 0 Å². The average Bonchev–Trinajstić information content (AvgIpc) is 2.64. The molecule has 27 heavy (non-hydrogen) atoms. The van der Waals surface area contributed by atoms with Gasteiger partial charge >= 0.3 is 6.03 Å². The Labute approximate surface area is 162 Å². The summed E-state index contributed by atoms with van der Waals surface area (Å²) in [6.07, 6.45) is 0. The predicted octanol–water partition coefficient (Wildman–Crippen LogP) is 0.990. The molecule has 0 aliphatic carbocycles. The summed E-state index contributed by atoms with van der Waals surface area (Å²) in [5.41, 5.74) is 1.32. The number of amides is 4. The summed E-state index contributed by atoms with van der Waals surface area (Å²) in [4.78, 5) is 37.1. The molecule has 2 aromatic rings. The van der Waals surface area contributed by atoms with Crippen molar-refractivity contribution in [2.45, 2.75) is 6.04 Å². The quantitative estimate of drug-likeness (QED) is 0.593. The number of hydrogen-bond acceptors (Lipinski definition) is 3. The van der Waals surface area contributed by atoms with E-state index in [4.69, 9.17) is 11.6 Å². The average molecular weight is 390 g/mol. The van der Waals surface area contributed by atoms with Crippen molar-refractivity contribution >= 4 is 35.1 Å². The van der Waals surface area contributed by atoms with Crippen LogP contribution in [0, 0.1) is 0 Å². The molecular formula is C19H22ClN4O3+. The number of rotatable bonds is 6. The van der Waals surface area contributed by atoms with E-state index in [1.165, 1.54) is 7.05 Å². The lowest BCUT2D eigenvalue weighted by Crippen LogP contribution is -3.11. The summed E-state index contributed by atoms with van der Waals surface area (Å²) < 4.78 is 0. The van der Waals surface area contributed by atoms with Crippen LogP contribution < -0.4 is 20.9 Å². The minimum absolute atomic E-state index is 0.0311. The highest BCUT2D eigenvalue weighted by molar-refractivity contribution is 6.30. The number of urea groups is 1. The maximum atomic E-state index is 12.6. The van der Waals surface area contributed by atoms with E-state index in [1.54, 1.807) is 55.6 Å². The number of imide groups is 1. The van der Waals surface area contributed by atoms with Gasteiger partial charge in [0.05, 0.1) is 7.05 Å². The highest BCUT2D eigenvalue weighted by Crippen LogP contribution is 2.13. The van der Waals surface area contributed by atoms with Crippen molar-refractivity contribution in [1.29, 1.82) is 0 Å². The van der Waals surface area contributed by atoms with Crippen molar-refractivity contribution in [1.82, 2.24) is 10.6 Å². The molecule has 2 rings (SSSR count). The molecule has 0 heterocycles. The van der Waals surface area contributed by atoms with Gasteiger partial charge in [-0.2, -0.15) is 0 Å². The zero-order valence-corrected chi connectivity index (χ0v) is 15.8. The number of carbonyl (C=O) groups excluding carboxylic acids is 3. The fraction of sp³-hybridized carbons (Fsp3) is 0.211. The number of benzene rings is 2. The summed E-state index contributed by atoms with van der Waals surface area (Å²) in [6, 6.07) is 14.4. The fourth-order valence-corrected chi connectivity index (χ4v) is 2.77. The Balaban J connectivity index is 2.11. The highest BCUT2D eigenvalue weighted by atomic mass is 35.5. The van der Waals surface area contributed by atoms with E-state index in [0.717, 1.165) is 0 Å². The Morgan fingerprint density at radius 2 is 1.67 bits per heavy atom. The summed E-state index contributed by atoms with van der Waals surface area (Å²) in [5.74, 6) is -0.749. The summed E-state index contributed by atoms with van der Waals surface area (Å²) >= 11 is 5.84. The second-order valence-electron chi connectivity index (χ2n) is 5.99. The number of nitrogens with one attached hydrogen (secondary N) is 4. The first-order valence-electron chi connectivity index (χ1n) is 8.36. The summed E-state index contributed by atoms with van der Waals surface area (Å²) in [7, 11) is 3.15. The molecule has 0 aromatic heterocycles. The van der Waals surface area contributed by atoms with Crippen LogP contribution in [0.3, 0.4) is 0 Å². The smallest absolute Gasteiger partial charge is 0.321 e. The zero-order valence-electron chi connectivity index (χ0n) is 15.1. The Hall–Kier alpha value is -2.90. The van der Waals surface area contributed by atoms with E-state index in [1.807, 2.05) is 6.07 Å². The first-order chi connectivity index (χ1) is 12.9. The van der Waals surface area contributed by atoms with Crippen LogP contribution in [-0.2, 0) is 9.59 Å². The molecule has 142 valence electrons. The van der Waals surface area contributed by atoms with Crippen LogP contribution in [0.4, 0.5) is 10.5 Å². The molecule has 4 amide bonds. The molecule has 0 fully saturated rings. The molecule has 2 atom stereocenters. The molecular weight excluding hydrogens is 368 g/mol. The van der Waals surface area contributed by atoms with Crippen molar-refractivity contribution in [2.75, 3.05) is 26.0 Å². The molecule has 0 saturated carbocycles. The van der Waals surface area contributed by atoms with E-state index in [2.05, 4.69) is 16.0 Å². The molecule has 4 N–H and O–H groups in total. The van der Waals surface area contributed by atoms with E-state index in [9.17, 15) is 14.4 Å². The summed E-state index contributed by atoms with van der Waals surface area (Å²) in [5, 5.41) is 7.97. The third-order valence-electron chi connectivity index (χ3n) is 3.92. The van der Waals surface area contributed by atoms with Crippen LogP contribution in [-0.4, -0.2) is 38.5 Å². The second-order valence-corrected chi connectivity index (χ2v) is 6.43. The van der Waals surface area contributed by atoms with Gasteiger partial charge in [0.15, 0.2) is 12.6 Å². The maximum absolute atomic E-state index is 12.6. The maximum Gasteiger partial charge on any atom is 0.321 e. The molecule has 0 aliphatic heterocycles. The van der Waals surface area contributed by atoms with Gasteiger partial charge in [-0.25, -0.2) is 4.79 Å². The fourth-order valence-electron chi connectivity index (χ4n) is 2.65. The molecule has 1 unspecified atom stereocenters. The minimum atomic E-state index is -0.723. The third kappa shape index (κ3) is 6.09. The van der Waals surface area contributed by atoms with Crippen molar-refractivity contribution in [3.8, 4) is 0 Å². The van der Waals surface area contributed by atoms with E-state index < -0.39 is 18.0 Å². The third-order valence-corrected chi connectivity index (χ3v) is 4.17. The number of quaternary nitrogens is 1. The van der Waals surface area contributed by atoms with Crippen LogP contribution >= 0.6 is 11.6 Å². The number of likely N-dealkylation sites (N-methyl/N-ethyl adjacent to an activating group) is 1. The van der Waals surface area contributed by atoms with E-state index in [-0.39, 0.29) is 12.5 Å². The normalized spacial score (nSPS) is 12.6. The Morgan fingerprint density at radius 3 is 2.26 bits per heavy atom. The van der Waals surface area contributed by atoms with Gasteiger partial charge in [-0.3, -0.25) is 14.9 Å². The van der Waals surface area contributed by atoms with Crippen LogP contribution in [0.2, 0.25) is 5.02 Å². The van der Waals surface area contributed by atoms with Crippen molar-refractivity contribution in [3.63, 3.8) is 0 Å². The van der Waals surface area contributed by atoms with Crippen LogP contribution in [0.25, 0.3) is 0 Å². The van der Waals surface area contributed by atoms with Gasteiger partial charge in [0.25, 0.3) is 11.8 Å². The zero-order chi connectivity index (χ0) is 19.8. The van der Waals surface area contributed by atoms with E-state index in [0.29, 0.717) is 21.2 Å². The topological polar surface area (TPSA) is 91.7 Å². The molecule has 0 aliphatic rings. The minimum Gasteiger partial charge on any atom is -0.341 e. The van der Waals surface area contributed by atoms with Crippen LogP contribution in [0.5, 0.6) is 0 Å². The van der Waals surface area contributed by atoms with Crippen molar-refractivity contribution in [2.24, 2.45) is 0 Å². The first kappa shape index (κ1) is 20.4.